The van der Waals surface area contributed by atoms with E-state index in [0.29, 0.717) is 0 Å². The van der Waals surface area contributed by atoms with Crippen LogP contribution in [-0.2, 0) is 11.1 Å². The summed E-state index contributed by atoms with van der Waals surface area (Å²) in [5.41, 5.74) is 9.31. The lowest BCUT2D eigenvalue weighted by Gasteiger charge is -1.98. The molecule has 6 N–H and O–H groups in total. The Morgan fingerprint density at radius 3 is 2.50 bits per heavy atom. The Labute approximate surface area is 69.1 Å². The van der Waals surface area contributed by atoms with Crippen LogP contribution in [0.5, 0.6) is 0 Å². The maximum atomic E-state index is 10.8. The minimum Gasteiger partial charge on any atom is -0.391 e. The van der Waals surface area contributed by atoms with Gasteiger partial charge < -0.3 is 11.5 Å². The number of nitrogen functional groups attached to an aromatic ring is 2. The molecule has 1 aromatic heterocycles. The van der Waals surface area contributed by atoms with Crippen molar-refractivity contribution in [3.05, 3.63) is 10.4 Å². The van der Waals surface area contributed by atoms with Crippen LogP contribution in [0, 0.1) is 0 Å². The van der Waals surface area contributed by atoms with Gasteiger partial charge in [0.25, 0.3) is 5.56 Å². The molecule has 0 aliphatic heterocycles. The highest BCUT2D eigenvalue weighted by atomic mass is 32.2. The average molecular weight is 190 g/mol. The smallest absolute Gasteiger partial charge is 0.277 e. The molecule has 0 bridgehead atoms. The molecule has 0 aliphatic carbocycles. The largest absolute Gasteiger partial charge is 0.391 e. The number of nitrogens with zero attached hydrogens (tertiary/aromatic N) is 1. The summed E-state index contributed by atoms with van der Waals surface area (Å²) >= 11 is -2.36. The fraction of sp³-hybridized carbons (Fsp3) is 0. The standard InChI is InChI=1S/C4H6N4O3S/c5-1-2(6)7-4(12(10)11)8-3(1)9/h5H2,(H,10,11)(H3,6,7,8,9). The van der Waals surface area contributed by atoms with Crippen LogP contribution in [0.15, 0.2) is 9.95 Å². The van der Waals surface area contributed by atoms with Gasteiger partial charge >= 0.3 is 0 Å². The van der Waals surface area contributed by atoms with E-state index >= 15 is 0 Å². The van der Waals surface area contributed by atoms with Crippen LogP contribution in [0.4, 0.5) is 11.5 Å². The average Bonchev–Trinajstić information content (AvgIpc) is 1.99. The van der Waals surface area contributed by atoms with Crippen molar-refractivity contribution in [2.24, 2.45) is 0 Å². The van der Waals surface area contributed by atoms with Gasteiger partial charge in [0.15, 0.2) is 5.82 Å². The second-order valence-corrected chi connectivity index (χ2v) is 2.80. The highest BCUT2D eigenvalue weighted by Crippen LogP contribution is 2.04. The third-order valence-electron chi connectivity index (χ3n) is 1.13. The van der Waals surface area contributed by atoms with E-state index in [1.165, 1.54) is 0 Å². The number of hydrogen-bond acceptors (Lipinski definition) is 5. The quantitative estimate of drug-likeness (QED) is 0.315. The number of rotatable bonds is 1. The van der Waals surface area contributed by atoms with Gasteiger partial charge in [0.2, 0.25) is 16.2 Å². The molecule has 0 aromatic carbocycles. The van der Waals surface area contributed by atoms with Gasteiger partial charge in [0.05, 0.1) is 0 Å². The van der Waals surface area contributed by atoms with Gasteiger partial charge in [-0.3, -0.25) is 14.3 Å². The zero-order chi connectivity index (χ0) is 9.30. The van der Waals surface area contributed by atoms with E-state index in [1.807, 2.05) is 4.98 Å². The van der Waals surface area contributed by atoms with Crippen molar-refractivity contribution in [2.45, 2.75) is 5.16 Å². The molecule has 8 heteroatoms. The van der Waals surface area contributed by atoms with E-state index in [9.17, 15) is 9.00 Å². The number of aromatic nitrogens is 2. The first-order valence-electron chi connectivity index (χ1n) is 2.78. The molecule has 66 valence electrons. The number of anilines is 2. The van der Waals surface area contributed by atoms with Gasteiger partial charge in [0, 0.05) is 0 Å². The summed E-state index contributed by atoms with van der Waals surface area (Å²) in [7, 11) is 0. The SMILES string of the molecule is Nc1nc(S(=O)O)[nH]c(=O)c1N. The van der Waals surface area contributed by atoms with E-state index in [-0.39, 0.29) is 11.5 Å². The predicted molar refractivity (Wildman–Crippen MR) is 42.7 cm³/mol. The second-order valence-electron chi connectivity index (χ2n) is 1.92. The molecule has 0 saturated heterocycles. The second kappa shape index (κ2) is 2.91. The fourth-order valence-corrected chi connectivity index (χ4v) is 0.918. The summed E-state index contributed by atoms with van der Waals surface area (Å²) in [5.74, 6) is -0.254. The molecule has 0 saturated carbocycles. The molecule has 0 amide bonds. The fourth-order valence-electron chi connectivity index (χ4n) is 0.561. The molecular formula is C4H6N4O3S. The minimum atomic E-state index is -2.36. The molecule has 0 aliphatic rings. The van der Waals surface area contributed by atoms with Crippen LogP contribution >= 0.6 is 0 Å². The third kappa shape index (κ3) is 1.43. The highest BCUT2D eigenvalue weighted by molar-refractivity contribution is 7.79. The van der Waals surface area contributed by atoms with Crippen molar-refractivity contribution in [1.29, 1.82) is 0 Å². The molecule has 0 fully saturated rings. The number of nitrogens with two attached hydrogens (primary N) is 2. The van der Waals surface area contributed by atoms with Gasteiger partial charge in [-0.2, -0.15) is 0 Å². The van der Waals surface area contributed by atoms with Crippen molar-refractivity contribution in [2.75, 3.05) is 11.5 Å². The Bertz CT molecular complexity index is 386. The summed E-state index contributed by atoms with van der Waals surface area (Å²) in [5, 5.41) is -0.410. The lowest BCUT2D eigenvalue weighted by Crippen LogP contribution is -2.18. The summed E-state index contributed by atoms with van der Waals surface area (Å²) in [6, 6.07) is 0. The maximum absolute atomic E-state index is 10.8. The predicted octanol–water partition coefficient (Wildman–Crippen LogP) is -1.49. The molecule has 0 radical (unpaired) electrons. The van der Waals surface area contributed by atoms with Gasteiger partial charge in [-0.25, -0.2) is 9.19 Å². The lowest BCUT2D eigenvalue weighted by atomic mass is 10.5. The van der Waals surface area contributed by atoms with Crippen LogP contribution < -0.4 is 17.0 Å². The molecule has 7 nitrogen and oxygen atoms in total. The molecule has 1 rings (SSSR count). The van der Waals surface area contributed by atoms with E-state index in [4.69, 9.17) is 16.0 Å². The van der Waals surface area contributed by atoms with Crippen molar-refractivity contribution >= 4 is 22.6 Å². The van der Waals surface area contributed by atoms with Gasteiger partial charge in [-0.05, 0) is 0 Å². The Kier molecular flexibility index (Phi) is 2.11. The Morgan fingerprint density at radius 2 is 2.08 bits per heavy atom. The lowest BCUT2D eigenvalue weighted by molar-refractivity contribution is 0.554. The molecule has 1 aromatic rings. The van der Waals surface area contributed by atoms with Crippen molar-refractivity contribution in [1.82, 2.24) is 9.97 Å². The Balaban J connectivity index is 3.41. The minimum absolute atomic E-state index is 0.254. The number of nitrogens with one attached hydrogen (secondary N) is 1. The van der Waals surface area contributed by atoms with E-state index in [1.54, 1.807) is 0 Å². The van der Waals surface area contributed by atoms with Crippen LogP contribution in [0.25, 0.3) is 0 Å². The first-order valence-corrected chi connectivity index (χ1v) is 3.89. The van der Waals surface area contributed by atoms with E-state index in [0.717, 1.165) is 0 Å². The monoisotopic (exact) mass is 190 g/mol. The molecule has 1 atom stereocenters. The summed E-state index contributed by atoms with van der Waals surface area (Å²) in [6.07, 6.45) is 0. The van der Waals surface area contributed by atoms with Crippen LogP contribution in [-0.4, -0.2) is 18.7 Å². The van der Waals surface area contributed by atoms with Crippen LogP contribution in [0.2, 0.25) is 0 Å². The third-order valence-corrected chi connectivity index (χ3v) is 1.65. The Morgan fingerprint density at radius 1 is 1.50 bits per heavy atom. The summed E-state index contributed by atoms with van der Waals surface area (Å²) < 4.78 is 18.9. The summed E-state index contributed by atoms with van der Waals surface area (Å²) in [6.45, 7) is 0. The van der Waals surface area contributed by atoms with Crippen molar-refractivity contribution < 1.29 is 8.76 Å². The maximum Gasteiger partial charge on any atom is 0.277 e. The topological polar surface area (TPSA) is 135 Å². The molecular weight excluding hydrogens is 184 g/mol. The number of aromatic amines is 1. The number of H-pyrrole nitrogens is 1. The van der Waals surface area contributed by atoms with Gasteiger partial charge in [0.1, 0.15) is 5.69 Å². The number of hydrogen-bond donors (Lipinski definition) is 4. The zero-order valence-electron chi connectivity index (χ0n) is 5.77. The van der Waals surface area contributed by atoms with Crippen molar-refractivity contribution in [3.63, 3.8) is 0 Å². The summed E-state index contributed by atoms with van der Waals surface area (Å²) in [4.78, 5) is 16.2. The highest BCUT2D eigenvalue weighted by Gasteiger charge is 2.08. The normalized spacial score (nSPS) is 12.8. The van der Waals surface area contributed by atoms with Gasteiger partial charge in [-0.15, -0.1) is 0 Å². The first-order chi connectivity index (χ1) is 5.52. The van der Waals surface area contributed by atoms with E-state index in [2.05, 4.69) is 4.98 Å². The zero-order valence-corrected chi connectivity index (χ0v) is 6.59. The molecule has 0 spiro atoms. The van der Waals surface area contributed by atoms with Crippen LogP contribution in [0.1, 0.15) is 0 Å². The van der Waals surface area contributed by atoms with E-state index < -0.39 is 21.8 Å². The molecule has 1 unspecified atom stereocenters. The van der Waals surface area contributed by atoms with Crippen molar-refractivity contribution in [3.8, 4) is 0 Å². The van der Waals surface area contributed by atoms with Crippen LogP contribution in [0.3, 0.4) is 0 Å². The first kappa shape index (κ1) is 8.68. The molecule has 12 heavy (non-hydrogen) atoms. The van der Waals surface area contributed by atoms with Gasteiger partial charge in [-0.1, -0.05) is 0 Å². The Hall–Kier alpha value is -1.41. The molecule has 1 heterocycles.